The first-order chi connectivity index (χ1) is 8.81. The van der Waals surface area contributed by atoms with Gasteiger partial charge in [0.05, 0.1) is 7.11 Å². The second-order valence-electron chi connectivity index (χ2n) is 5.08. The summed E-state index contributed by atoms with van der Waals surface area (Å²) in [6.07, 6.45) is 2.63. The number of nitrogens with one attached hydrogen (secondary N) is 2. The van der Waals surface area contributed by atoms with Crippen molar-refractivity contribution >= 4 is 0 Å². The first-order valence-electron chi connectivity index (χ1n) is 6.88. The Balaban J connectivity index is 1.88. The summed E-state index contributed by atoms with van der Waals surface area (Å²) in [5.74, 6) is 1.73. The van der Waals surface area contributed by atoms with E-state index in [2.05, 4.69) is 29.7 Å². The van der Waals surface area contributed by atoms with Crippen LogP contribution in [0, 0.1) is 5.92 Å². The molecule has 0 aliphatic carbocycles. The SMILES string of the molecule is COc1ccccc1[C@H](C)NCC1CCCNC1. The van der Waals surface area contributed by atoms with Crippen molar-refractivity contribution in [2.75, 3.05) is 26.7 Å². The molecule has 3 nitrogen and oxygen atoms in total. The quantitative estimate of drug-likeness (QED) is 0.839. The number of piperidine rings is 1. The zero-order valence-electron chi connectivity index (χ0n) is 11.4. The lowest BCUT2D eigenvalue weighted by Gasteiger charge is -2.25. The molecule has 2 atom stereocenters. The third kappa shape index (κ3) is 3.47. The second kappa shape index (κ2) is 6.76. The van der Waals surface area contributed by atoms with Crippen molar-refractivity contribution in [3.8, 4) is 5.75 Å². The molecule has 1 heterocycles. The predicted octanol–water partition coefficient (Wildman–Crippen LogP) is 2.35. The van der Waals surface area contributed by atoms with Crippen LogP contribution in [0.2, 0.25) is 0 Å². The van der Waals surface area contributed by atoms with E-state index in [1.807, 2.05) is 12.1 Å². The molecule has 0 bridgehead atoms. The molecule has 100 valence electrons. The van der Waals surface area contributed by atoms with Crippen LogP contribution in [-0.4, -0.2) is 26.7 Å². The second-order valence-corrected chi connectivity index (χ2v) is 5.08. The summed E-state index contributed by atoms with van der Waals surface area (Å²) < 4.78 is 5.41. The van der Waals surface area contributed by atoms with Crippen LogP contribution < -0.4 is 15.4 Å². The van der Waals surface area contributed by atoms with Gasteiger partial charge in [0.25, 0.3) is 0 Å². The summed E-state index contributed by atoms with van der Waals surface area (Å²) in [4.78, 5) is 0. The Bertz CT molecular complexity index is 361. The standard InChI is InChI=1S/C15H24N2O/c1-12(14-7-3-4-8-15(14)18-2)17-11-13-6-5-9-16-10-13/h3-4,7-8,12-13,16-17H,5-6,9-11H2,1-2H3/t12-,13?/m0/s1. The number of hydrogen-bond acceptors (Lipinski definition) is 3. The molecule has 0 radical (unpaired) electrons. The van der Waals surface area contributed by atoms with Gasteiger partial charge in [0.15, 0.2) is 0 Å². The van der Waals surface area contributed by atoms with Crippen LogP contribution in [0.3, 0.4) is 0 Å². The normalized spacial score (nSPS) is 21.6. The Kier molecular flexibility index (Phi) is 5.02. The van der Waals surface area contributed by atoms with E-state index in [9.17, 15) is 0 Å². The summed E-state index contributed by atoms with van der Waals surface area (Å²) in [6.45, 7) is 5.60. The molecule has 1 aromatic rings. The van der Waals surface area contributed by atoms with E-state index in [-0.39, 0.29) is 0 Å². The average Bonchev–Trinajstić information content (AvgIpc) is 2.45. The monoisotopic (exact) mass is 248 g/mol. The smallest absolute Gasteiger partial charge is 0.123 e. The van der Waals surface area contributed by atoms with Crippen LogP contribution in [0.1, 0.15) is 31.4 Å². The van der Waals surface area contributed by atoms with E-state index in [0.717, 1.165) is 24.8 Å². The Morgan fingerprint density at radius 2 is 2.28 bits per heavy atom. The first-order valence-corrected chi connectivity index (χ1v) is 6.88. The highest BCUT2D eigenvalue weighted by atomic mass is 16.5. The molecule has 1 fully saturated rings. The van der Waals surface area contributed by atoms with E-state index in [4.69, 9.17) is 4.74 Å². The van der Waals surface area contributed by atoms with Gasteiger partial charge in [-0.3, -0.25) is 0 Å². The van der Waals surface area contributed by atoms with Gasteiger partial charge in [-0.25, -0.2) is 0 Å². The molecular weight excluding hydrogens is 224 g/mol. The minimum atomic E-state index is 0.336. The van der Waals surface area contributed by atoms with Crippen molar-refractivity contribution in [2.24, 2.45) is 5.92 Å². The van der Waals surface area contributed by atoms with Gasteiger partial charge >= 0.3 is 0 Å². The Morgan fingerprint density at radius 3 is 3.00 bits per heavy atom. The van der Waals surface area contributed by atoms with Crippen LogP contribution in [0.15, 0.2) is 24.3 Å². The first kappa shape index (κ1) is 13.4. The van der Waals surface area contributed by atoms with Gasteiger partial charge in [-0.15, -0.1) is 0 Å². The van der Waals surface area contributed by atoms with Gasteiger partial charge in [-0.1, -0.05) is 18.2 Å². The van der Waals surface area contributed by atoms with Crippen molar-refractivity contribution in [3.63, 3.8) is 0 Å². The molecule has 3 heteroatoms. The van der Waals surface area contributed by atoms with Crippen LogP contribution in [-0.2, 0) is 0 Å². The Morgan fingerprint density at radius 1 is 1.44 bits per heavy atom. The summed E-state index contributed by atoms with van der Waals surface area (Å²) >= 11 is 0. The van der Waals surface area contributed by atoms with Crippen molar-refractivity contribution in [3.05, 3.63) is 29.8 Å². The molecule has 1 unspecified atom stereocenters. The molecule has 1 aromatic carbocycles. The molecule has 2 N–H and O–H groups in total. The number of hydrogen-bond donors (Lipinski definition) is 2. The zero-order chi connectivity index (χ0) is 12.8. The van der Waals surface area contributed by atoms with Gasteiger partial charge < -0.3 is 15.4 Å². The molecular formula is C15H24N2O. The molecule has 0 spiro atoms. The summed E-state index contributed by atoms with van der Waals surface area (Å²) in [5, 5.41) is 7.08. The van der Waals surface area contributed by atoms with E-state index < -0.39 is 0 Å². The van der Waals surface area contributed by atoms with E-state index >= 15 is 0 Å². The largest absolute Gasteiger partial charge is 0.496 e. The highest BCUT2D eigenvalue weighted by Crippen LogP contribution is 2.24. The van der Waals surface area contributed by atoms with Gasteiger partial charge in [-0.05, 0) is 51.4 Å². The lowest BCUT2D eigenvalue weighted by molar-refractivity contribution is 0.344. The maximum absolute atomic E-state index is 5.41. The molecule has 1 saturated heterocycles. The summed E-state index contributed by atoms with van der Waals surface area (Å²) in [6, 6.07) is 8.58. The molecule has 0 amide bonds. The lowest BCUT2D eigenvalue weighted by Crippen LogP contribution is -2.36. The van der Waals surface area contributed by atoms with Crippen LogP contribution >= 0.6 is 0 Å². The van der Waals surface area contributed by atoms with Crippen LogP contribution in [0.4, 0.5) is 0 Å². The number of rotatable bonds is 5. The number of ether oxygens (including phenoxy) is 1. The zero-order valence-corrected chi connectivity index (χ0v) is 11.4. The fraction of sp³-hybridized carbons (Fsp3) is 0.600. The van der Waals surface area contributed by atoms with E-state index in [1.165, 1.54) is 24.9 Å². The Hall–Kier alpha value is -1.06. The molecule has 1 aliphatic rings. The highest BCUT2D eigenvalue weighted by molar-refractivity contribution is 5.35. The molecule has 2 rings (SSSR count). The minimum absolute atomic E-state index is 0.336. The lowest BCUT2D eigenvalue weighted by atomic mass is 9.98. The topological polar surface area (TPSA) is 33.3 Å². The minimum Gasteiger partial charge on any atom is -0.496 e. The van der Waals surface area contributed by atoms with Gasteiger partial charge in [0, 0.05) is 11.6 Å². The summed E-state index contributed by atoms with van der Waals surface area (Å²) in [7, 11) is 1.73. The number of methoxy groups -OCH3 is 1. The van der Waals surface area contributed by atoms with Crippen LogP contribution in [0.5, 0.6) is 5.75 Å². The Labute approximate surface area is 110 Å². The molecule has 1 aliphatic heterocycles. The van der Waals surface area contributed by atoms with Crippen molar-refractivity contribution in [1.29, 1.82) is 0 Å². The summed E-state index contributed by atoms with van der Waals surface area (Å²) in [5.41, 5.74) is 1.24. The molecule has 0 saturated carbocycles. The highest BCUT2D eigenvalue weighted by Gasteiger charge is 2.15. The predicted molar refractivity (Wildman–Crippen MR) is 75.0 cm³/mol. The fourth-order valence-corrected chi connectivity index (χ4v) is 2.58. The van der Waals surface area contributed by atoms with Gasteiger partial charge in [0.2, 0.25) is 0 Å². The average molecular weight is 248 g/mol. The fourth-order valence-electron chi connectivity index (χ4n) is 2.58. The maximum atomic E-state index is 5.41. The van der Waals surface area contributed by atoms with Gasteiger partial charge in [-0.2, -0.15) is 0 Å². The third-order valence-electron chi connectivity index (χ3n) is 3.72. The molecule has 0 aromatic heterocycles. The van der Waals surface area contributed by atoms with E-state index in [0.29, 0.717) is 6.04 Å². The van der Waals surface area contributed by atoms with Crippen molar-refractivity contribution < 1.29 is 4.74 Å². The maximum Gasteiger partial charge on any atom is 0.123 e. The van der Waals surface area contributed by atoms with Crippen LogP contribution in [0.25, 0.3) is 0 Å². The van der Waals surface area contributed by atoms with E-state index in [1.54, 1.807) is 7.11 Å². The van der Waals surface area contributed by atoms with Crippen molar-refractivity contribution in [1.82, 2.24) is 10.6 Å². The number of benzene rings is 1. The third-order valence-corrected chi connectivity index (χ3v) is 3.72. The van der Waals surface area contributed by atoms with Gasteiger partial charge in [0.1, 0.15) is 5.75 Å². The number of para-hydroxylation sites is 1. The molecule has 18 heavy (non-hydrogen) atoms. The van der Waals surface area contributed by atoms with Crippen molar-refractivity contribution in [2.45, 2.75) is 25.8 Å².